The first kappa shape index (κ1) is 9.26. The number of nitrogens with zero attached hydrogens (tertiary/aromatic N) is 2. The molecular formula is C7H5BrN2OS2. The number of halogens is 1. The van der Waals surface area contributed by atoms with Gasteiger partial charge < -0.3 is 5.11 Å². The van der Waals surface area contributed by atoms with Crippen LogP contribution in [0, 0.1) is 0 Å². The van der Waals surface area contributed by atoms with E-state index in [0.717, 1.165) is 4.60 Å². The van der Waals surface area contributed by atoms with E-state index in [1.165, 1.54) is 22.7 Å². The normalized spacial score (nSPS) is 13.1. The fourth-order valence-electron chi connectivity index (χ4n) is 0.868. The average molecular weight is 277 g/mol. The molecule has 0 aliphatic carbocycles. The first-order chi connectivity index (χ1) is 6.27. The Balaban J connectivity index is 2.28. The molecule has 68 valence electrons. The third kappa shape index (κ3) is 1.96. The molecule has 2 rings (SSSR count). The number of aliphatic hydroxyl groups is 1. The highest BCUT2D eigenvalue weighted by Gasteiger charge is 2.16. The summed E-state index contributed by atoms with van der Waals surface area (Å²) in [7, 11) is 0. The van der Waals surface area contributed by atoms with E-state index in [1.54, 1.807) is 6.20 Å². The Hall–Kier alpha value is -0.300. The van der Waals surface area contributed by atoms with E-state index in [-0.39, 0.29) is 0 Å². The van der Waals surface area contributed by atoms with Gasteiger partial charge in [-0.25, -0.2) is 9.97 Å². The molecule has 1 unspecified atom stereocenters. The van der Waals surface area contributed by atoms with E-state index in [2.05, 4.69) is 25.9 Å². The number of thiazole rings is 2. The Morgan fingerprint density at radius 2 is 2.23 bits per heavy atom. The van der Waals surface area contributed by atoms with Crippen molar-refractivity contribution in [1.82, 2.24) is 9.97 Å². The van der Waals surface area contributed by atoms with Gasteiger partial charge in [0.05, 0.1) is 0 Å². The maximum absolute atomic E-state index is 9.77. The van der Waals surface area contributed by atoms with Crippen molar-refractivity contribution < 1.29 is 5.11 Å². The maximum atomic E-state index is 9.77. The quantitative estimate of drug-likeness (QED) is 0.917. The third-order valence-corrected chi connectivity index (χ3v) is 3.85. The summed E-state index contributed by atoms with van der Waals surface area (Å²) in [6, 6.07) is 0. The van der Waals surface area contributed by atoms with Crippen molar-refractivity contribution in [2.45, 2.75) is 6.10 Å². The molecule has 0 saturated heterocycles. The van der Waals surface area contributed by atoms with Crippen molar-refractivity contribution >= 4 is 38.6 Å². The van der Waals surface area contributed by atoms with E-state index in [1.807, 2.05) is 10.8 Å². The minimum Gasteiger partial charge on any atom is -0.379 e. The Kier molecular flexibility index (Phi) is 2.73. The molecule has 0 aromatic carbocycles. The molecule has 0 fully saturated rings. The summed E-state index contributed by atoms with van der Waals surface area (Å²) in [5.74, 6) is 0. The lowest BCUT2D eigenvalue weighted by Crippen LogP contribution is -1.97. The van der Waals surface area contributed by atoms with Gasteiger partial charge in [-0.3, -0.25) is 0 Å². The van der Waals surface area contributed by atoms with Crippen molar-refractivity contribution in [1.29, 1.82) is 0 Å². The number of aromatic nitrogens is 2. The number of aliphatic hydroxyl groups excluding tert-OH is 1. The molecule has 0 radical (unpaired) electrons. The molecule has 1 atom stereocenters. The highest BCUT2D eigenvalue weighted by Crippen LogP contribution is 2.27. The lowest BCUT2D eigenvalue weighted by molar-refractivity contribution is 0.219. The summed E-state index contributed by atoms with van der Waals surface area (Å²) in [6.45, 7) is 0. The monoisotopic (exact) mass is 276 g/mol. The molecule has 0 saturated carbocycles. The van der Waals surface area contributed by atoms with Gasteiger partial charge >= 0.3 is 0 Å². The van der Waals surface area contributed by atoms with Crippen molar-refractivity contribution in [2.24, 2.45) is 0 Å². The van der Waals surface area contributed by atoms with Gasteiger partial charge in [0.2, 0.25) is 0 Å². The minimum absolute atomic E-state index is 0.668. The van der Waals surface area contributed by atoms with Gasteiger partial charge in [0, 0.05) is 17.0 Å². The molecule has 3 nitrogen and oxygen atoms in total. The zero-order valence-electron chi connectivity index (χ0n) is 6.35. The Morgan fingerprint density at radius 3 is 2.77 bits per heavy atom. The molecular weight excluding hydrogens is 272 g/mol. The summed E-state index contributed by atoms with van der Waals surface area (Å²) >= 11 is 6.07. The smallest absolute Gasteiger partial charge is 0.157 e. The van der Waals surface area contributed by atoms with Gasteiger partial charge in [0.15, 0.2) is 6.10 Å². The maximum Gasteiger partial charge on any atom is 0.157 e. The average Bonchev–Trinajstić information content (AvgIpc) is 2.72. The lowest BCUT2D eigenvalue weighted by atomic mass is 10.4. The van der Waals surface area contributed by atoms with Gasteiger partial charge in [0.1, 0.15) is 14.6 Å². The first-order valence-electron chi connectivity index (χ1n) is 3.46. The summed E-state index contributed by atoms with van der Waals surface area (Å²) in [4.78, 5) is 8.14. The van der Waals surface area contributed by atoms with Crippen molar-refractivity contribution in [3.05, 3.63) is 31.6 Å². The molecule has 6 heteroatoms. The molecule has 13 heavy (non-hydrogen) atoms. The van der Waals surface area contributed by atoms with Crippen LogP contribution < -0.4 is 0 Å². The van der Waals surface area contributed by atoms with Crippen molar-refractivity contribution in [2.75, 3.05) is 0 Å². The predicted octanol–water partition coefficient (Wildman–Crippen LogP) is 2.44. The molecule has 0 aliphatic rings. The highest BCUT2D eigenvalue weighted by atomic mass is 79.9. The first-order valence-corrected chi connectivity index (χ1v) is 6.01. The second-order valence-electron chi connectivity index (χ2n) is 2.28. The van der Waals surface area contributed by atoms with E-state index < -0.39 is 6.10 Å². The topological polar surface area (TPSA) is 46.0 Å². The van der Waals surface area contributed by atoms with Crippen LogP contribution in [0.15, 0.2) is 21.6 Å². The van der Waals surface area contributed by atoms with Crippen LogP contribution in [0.2, 0.25) is 0 Å². The highest BCUT2D eigenvalue weighted by molar-refractivity contribution is 9.10. The summed E-state index contributed by atoms with van der Waals surface area (Å²) < 4.78 is 0.753. The zero-order valence-corrected chi connectivity index (χ0v) is 9.56. The number of rotatable bonds is 2. The van der Waals surface area contributed by atoms with Crippen LogP contribution in [0.1, 0.15) is 16.1 Å². The predicted molar refractivity (Wildman–Crippen MR) is 56.0 cm³/mol. The summed E-state index contributed by atoms with van der Waals surface area (Å²) in [5.41, 5.74) is 0. The lowest BCUT2D eigenvalue weighted by Gasteiger charge is -2.01. The molecule has 0 amide bonds. The van der Waals surface area contributed by atoms with Gasteiger partial charge in [-0.2, -0.15) is 0 Å². The summed E-state index contributed by atoms with van der Waals surface area (Å²) in [5, 5.41) is 14.8. The SMILES string of the molecule is OC(c1nccs1)c1nc(Br)cs1. The Morgan fingerprint density at radius 1 is 1.38 bits per heavy atom. The number of hydrogen-bond donors (Lipinski definition) is 1. The van der Waals surface area contributed by atoms with Gasteiger partial charge in [-0.15, -0.1) is 22.7 Å². The van der Waals surface area contributed by atoms with E-state index >= 15 is 0 Å². The van der Waals surface area contributed by atoms with Crippen LogP contribution in [0.4, 0.5) is 0 Å². The van der Waals surface area contributed by atoms with Crippen LogP contribution in [0.5, 0.6) is 0 Å². The largest absolute Gasteiger partial charge is 0.379 e. The second kappa shape index (κ2) is 3.83. The van der Waals surface area contributed by atoms with E-state index in [4.69, 9.17) is 0 Å². The zero-order chi connectivity index (χ0) is 9.26. The molecule has 1 N–H and O–H groups in total. The molecule has 2 heterocycles. The van der Waals surface area contributed by atoms with Gasteiger partial charge in [-0.05, 0) is 15.9 Å². The standard InChI is InChI=1S/C7H5BrN2OS2/c8-4-3-13-7(10-4)5(11)6-9-1-2-12-6/h1-3,5,11H. The second-order valence-corrected chi connectivity index (χ2v) is 4.91. The van der Waals surface area contributed by atoms with Crippen LogP contribution in [0.3, 0.4) is 0 Å². The van der Waals surface area contributed by atoms with Crippen LogP contribution in [-0.2, 0) is 0 Å². The van der Waals surface area contributed by atoms with Crippen LogP contribution in [0.25, 0.3) is 0 Å². The Bertz CT molecular complexity index is 387. The molecule has 0 spiro atoms. The van der Waals surface area contributed by atoms with E-state index in [9.17, 15) is 5.11 Å². The number of hydrogen-bond acceptors (Lipinski definition) is 5. The Labute approximate surface area is 91.2 Å². The van der Waals surface area contributed by atoms with Crippen LogP contribution >= 0.6 is 38.6 Å². The minimum atomic E-state index is -0.684. The molecule has 0 aliphatic heterocycles. The molecule has 2 aromatic heterocycles. The van der Waals surface area contributed by atoms with Crippen molar-refractivity contribution in [3.8, 4) is 0 Å². The van der Waals surface area contributed by atoms with Crippen molar-refractivity contribution in [3.63, 3.8) is 0 Å². The van der Waals surface area contributed by atoms with Crippen LogP contribution in [-0.4, -0.2) is 15.1 Å². The molecule has 0 bridgehead atoms. The fraction of sp³-hybridized carbons (Fsp3) is 0.143. The van der Waals surface area contributed by atoms with Gasteiger partial charge in [0.25, 0.3) is 0 Å². The van der Waals surface area contributed by atoms with E-state index in [0.29, 0.717) is 10.0 Å². The fourth-order valence-corrected chi connectivity index (χ4v) is 2.82. The third-order valence-electron chi connectivity index (χ3n) is 1.41. The summed E-state index contributed by atoms with van der Waals surface area (Å²) in [6.07, 6.45) is 0.989. The van der Waals surface area contributed by atoms with Gasteiger partial charge in [-0.1, -0.05) is 0 Å². The molecule has 2 aromatic rings.